The largest absolute Gasteiger partial charge is 0.372 e. The van der Waals surface area contributed by atoms with Crippen molar-refractivity contribution in [2.75, 3.05) is 23.3 Å². The number of morpholine rings is 1. The van der Waals surface area contributed by atoms with E-state index in [2.05, 4.69) is 49.8 Å². The number of carbonyl (C=O) groups excluding carboxylic acids is 1. The van der Waals surface area contributed by atoms with Crippen LogP contribution >= 0.6 is 0 Å². The molecule has 1 aliphatic heterocycles. The van der Waals surface area contributed by atoms with Crippen molar-refractivity contribution in [2.45, 2.75) is 53.2 Å². The van der Waals surface area contributed by atoms with E-state index >= 15 is 0 Å². The van der Waals surface area contributed by atoms with Crippen molar-refractivity contribution in [3.63, 3.8) is 0 Å². The van der Waals surface area contributed by atoms with Crippen LogP contribution in [0.25, 0.3) is 0 Å². The van der Waals surface area contributed by atoms with Crippen molar-refractivity contribution < 1.29 is 9.53 Å². The van der Waals surface area contributed by atoms with Crippen LogP contribution in [-0.2, 0) is 9.53 Å². The zero-order chi connectivity index (χ0) is 16.3. The Balaban J connectivity index is 1.97. The van der Waals surface area contributed by atoms with Gasteiger partial charge < -0.3 is 15.0 Å². The third-order valence-corrected chi connectivity index (χ3v) is 3.47. The normalized spacial score (nSPS) is 22.5. The minimum absolute atomic E-state index is 0.0163. The van der Waals surface area contributed by atoms with E-state index < -0.39 is 0 Å². The lowest BCUT2D eigenvalue weighted by molar-refractivity contribution is -0.117. The number of ether oxygens (including phenoxy) is 1. The van der Waals surface area contributed by atoms with Crippen molar-refractivity contribution >= 4 is 17.4 Å². The van der Waals surface area contributed by atoms with Crippen LogP contribution in [0.1, 0.15) is 41.0 Å². The molecule has 1 fully saturated rings. The van der Waals surface area contributed by atoms with E-state index in [0.717, 1.165) is 24.6 Å². The monoisotopic (exact) mass is 305 g/mol. The van der Waals surface area contributed by atoms with Crippen LogP contribution in [0.3, 0.4) is 0 Å². The van der Waals surface area contributed by atoms with E-state index in [1.54, 1.807) is 6.20 Å². The number of nitrogens with zero attached hydrogens (tertiary/aromatic N) is 2. The topological polar surface area (TPSA) is 54.5 Å². The number of pyridine rings is 1. The van der Waals surface area contributed by atoms with Gasteiger partial charge in [-0.25, -0.2) is 4.98 Å². The van der Waals surface area contributed by atoms with Crippen molar-refractivity contribution in [2.24, 2.45) is 5.41 Å². The Kier molecular flexibility index (Phi) is 5.06. The molecule has 0 unspecified atom stereocenters. The molecule has 0 bridgehead atoms. The number of carbonyl (C=O) groups is 1. The molecule has 0 saturated carbocycles. The zero-order valence-electron chi connectivity index (χ0n) is 14.2. The number of anilines is 2. The summed E-state index contributed by atoms with van der Waals surface area (Å²) in [4.78, 5) is 18.6. The van der Waals surface area contributed by atoms with Crippen LogP contribution in [-0.4, -0.2) is 36.2 Å². The first-order valence-corrected chi connectivity index (χ1v) is 7.89. The standard InChI is InChI=1S/C17H27N3O2/c1-12-10-20(11-13(2)22-12)15-7-6-14(9-18-15)19-16(21)8-17(3,4)5/h6-7,9,12-13H,8,10-11H2,1-5H3,(H,19,21)/t12-,13+. The summed E-state index contributed by atoms with van der Waals surface area (Å²) in [6.45, 7) is 12.0. The van der Waals surface area contributed by atoms with Gasteiger partial charge in [0, 0.05) is 19.5 Å². The minimum atomic E-state index is -0.0163. The first-order valence-electron chi connectivity index (χ1n) is 7.89. The molecule has 2 atom stereocenters. The summed E-state index contributed by atoms with van der Waals surface area (Å²) in [6.07, 6.45) is 2.63. The summed E-state index contributed by atoms with van der Waals surface area (Å²) < 4.78 is 5.73. The second-order valence-corrected chi connectivity index (χ2v) is 7.35. The molecule has 1 saturated heterocycles. The quantitative estimate of drug-likeness (QED) is 0.932. The first kappa shape index (κ1) is 16.7. The highest BCUT2D eigenvalue weighted by molar-refractivity contribution is 5.91. The summed E-state index contributed by atoms with van der Waals surface area (Å²) >= 11 is 0. The number of hydrogen-bond donors (Lipinski definition) is 1. The molecule has 122 valence electrons. The summed E-state index contributed by atoms with van der Waals surface area (Å²) in [6, 6.07) is 3.87. The predicted octanol–water partition coefficient (Wildman–Crippen LogP) is 3.07. The van der Waals surface area contributed by atoms with Gasteiger partial charge in [-0.3, -0.25) is 4.79 Å². The van der Waals surface area contributed by atoms with Gasteiger partial charge in [0.1, 0.15) is 5.82 Å². The smallest absolute Gasteiger partial charge is 0.224 e. The maximum absolute atomic E-state index is 11.9. The molecule has 1 N–H and O–H groups in total. The molecule has 5 heteroatoms. The number of nitrogens with one attached hydrogen (secondary N) is 1. The Labute approximate surface area is 133 Å². The van der Waals surface area contributed by atoms with Crippen molar-refractivity contribution in [1.82, 2.24) is 4.98 Å². The van der Waals surface area contributed by atoms with E-state index in [1.807, 2.05) is 12.1 Å². The van der Waals surface area contributed by atoms with Crippen LogP contribution in [0.2, 0.25) is 0 Å². The zero-order valence-corrected chi connectivity index (χ0v) is 14.2. The van der Waals surface area contributed by atoms with Gasteiger partial charge in [0.25, 0.3) is 0 Å². The van der Waals surface area contributed by atoms with Gasteiger partial charge in [0.2, 0.25) is 5.91 Å². The van der Waals surface area contributed by atoms with Gasteiger partial charge in [0.05, 0.1) is 24.1 Å². The lowest BCUT2D eigenvalue weighted by Crippen LogP contribution is -2.45. The van der Waals surface area contributed by atoms with Crippen LogP contribution < -0.4 is 10.2 Å². The second kappa shape index (κ2) is 6.65. The average Bonchev–Trinajstić information content (AvgIpc) is 2.36. The summed E-state index contributed by atoms with van der Waals surface area (Å²) in [5, 5.41) is 2.90. The maximum atomic E-state index is 11.9. The van der Waals surface area contributed by atoms with Crippen molar-refractivity contribution in [1.29, 1.82) is 0 Å². The third kappa shape index (κ3) is 4.98. The highest BCUT2D eigenvalue weighted by Crippen LogP contribution is 2.21. The average molecular weight is 305 g/mol. The molecule has 1 aliphatic rings. The molecular formula is C17H27N3O2. The number of aromatic nitrogens is 1. The molecule has 0 spiro atoms. The Morgan fingerprint density at radius 3 is 2.45 bits per heavy atom. The Morgan fingerprint density at radius 1 is 1.32 bits per heavy atom. The Bertz CT molecular complexity index is 498. The third-order valence-electron chi connectivity index (χ3n) is 3.47. The lowest BCUT2D eigenvalue weighted by Gasteiger charge is -2.36. The van der Waals surface area contributed by atoms with E-state index in [9.17, 15) is 4.79 Å². The molecule has 1 aromatic rings. The van der Waals surface area contributed by atoms with Crippen LogP contribution in [0.15, 0.2) is 18.3 Å². The fourth-order valence-corrected chi connectivity index (χ4v) is 2.70. The minimum Gasteiger partial charge on any atom is -0.372 e. The molecule has 1 aromatic heterocycles. The number of rotatable bonds is 3. The molecule has 0 radical (unpaired) electrons. The fraction of sp³-hybridized carbons (Fsp3) is 0.647. The molecule has 0 aromatic carbocycles. The molecule has 2 rings (SSSR count). The predicted molar refractivity (Wildman–Crippen MR) is 89.2 cm³/mol. The van der Waals surface area contributed by atoms with Gasteiger partial charge in [-0.2, -0.15) is 0 Å². The summed E-state index contributed by atoms with van der Waals surface area (Å²) in [5.74, 6) is 0.950. The highest BCUT2D eigenvalue weighted by atomic mass is 16.5. The van der Waals surface area contributed by atoms with Gasteiger partial charge in [0.15, 0.2) is 0 Å². The second-order valence-electron chi connectivity index (χ2n) is 7.35. The van der Waals surface area contributed by atoms with E-state index in [4.69, 9.17) is 4.74 Å². The highest BCUT2D eigenvalue weighted by Gasteiger charge is 2.23. The van der Waals surface area contributed by atoms with Crippen LogP contribution in [0.4, 0.5) is 11.5 Å². The van der Waals surface area contributed by atoms with E-state index in [0.29, 0.717) is 6.42 Å². The number of amides is 1. The van der Waals surface area contributed by atoms with Crippen molar-refractivity contribution in [3.8, 4) is 0 Å². The molecular weight excluding hydrogens is 278 g/mol. The van der Waals surface area contributed by atoms with E-state index in [-0.39, 0.29) is 23.5 Å². The number of hydrogen-bond acceptors (Lipinski definition) is 4. The van der Waals surface area contributed by atoms with E-state index in [1.165, 1.54) is 0 Å². The van der Waals surface area contributed by atoms with Gasteiger partial charge in [-0.1, -0.05) is 20.8 Å². The molecule has 0 aliphatic carbocycles. The van der Waals surface area contributed by atoms with Gasteiger partial charge in [-0.15, -0.1) is 0 Å². The molecule has 5 nitrogen and oxygen atoms in total. The van der Waals surface area contributed by atoms with Crippen molar-refractivity contribution in [3.05, 3.63) is 18.3 Å². The van der Waals surface area contributed by atoms with Gasteiger partial charge >= 0.3 is 0 Å². The summed E-state index contributed by atoms with van der Waals surface area (Å²) in [7, 11) is 0. The SMILES string of the molecule is C[C@@H]1CN(c2ccc(NC(=O)CC(C)(C)C)cn2)C[C@H](C)O1. The summed E-state index contributed by atoms with van der Waals surface area (Å²) in [5.41, 5.74) is 0.727. The fourth-order valence-electron chi connectivity index (χ4n) is 2.70. The first-order chi connectivity index (χ1) is 10.2. The molecule has 22 heavy (non-hydrogen) atoms. The Hall–Kier alpha value is -1.62. The van der Waals surface area contributed by atoms with Crippen LogP contribution in [0, 0.1) is 5.41 Å². The molecule has 1 amide bonds. The van der Waals surface area contributed by atoms with Crippen LogP contribution in [0.5, 0.6) is 0 Å². The molecule has 2 heterocycles. The Morgan fingerprint density at radius 2 is 1.95 bits per heavy atom. The maximum Gasteiger partial charge on any atom is 0.224 e. The lowest BCUT2D eigenvalue weighted by atomic mass is 9.92. The van der Waals surface area contributed by atoms with Gasteiger partial charge in [-0.05, 0) is 31.4 Å².